The molecule has 1 aliphatic heterocycles. The number of amides is 1. The Bertz CT molecular complexity index is 831. The summed E-state index contributed by atoms with van der Waals surface area (Å²) in [5.74, 6) is -2.13. The van der Waals surface area contributed by atoms with Crippen molar-refractivity contribution in [3.63, 3.8) is 0 Å². The second kappa shape index (κ2) is 6.82. The van der Waals surface area contributed by atoms with Crippen molar-refractivity contribution in [1.29, 1.82) is 0 Å². The van der Waals surface area contributed by atoms with E-state index >= 15 is 0 Å². The number of alkyl halides is 3. The van der Waals surface area contributed by atoms with Crippen LogP contribution in [0.3, 0.4) is 0 Å². The minimum absolute atomic E-state index is 0.0474. The molecule has 26 heavy (non-hydrogen) atoms. The lowest BCUT2D eigenvalue weighted by atomic mass is 9.89. The number of carboxylic acids is 1. The first-order valence-corrected chi connectivity index (χ1v) is 8.00. The highest BCUT2D eigenvalue weighted by Gasteiger charge is 2.33. The Balaban J connectivity index is 1.75. The Morgan fingerprint density at radius 1 is 1.08 bits per heavy atom. The highest BCUT2D eigenvalue weighted by atomic mass is 19.4. The summed E-state index contributed by atoms with van der Waals surface area (Å²) in [7, 11) is 0. The smallest absolute Gasteiger partial charge is 0.416 e. The lowest BCUT2D eigenvalue weighted by Crippen LogP contribution is -2.41. The third kappa shape index (κ3) is 3.71. The van der Waals surface area contributed by atoms with Crippen molar-refractivity contribution >= 4 is 11.9 Å². The van der Waals surface area contributed by atoms with Crippen molar-refractivity contribution in [2.24, 2.45) is 0 Å². The number of hydrogen-bond acceptors (Lipinski definition) is 2. The number of aliphatic carboxylic acids is 1. The van der Waals surface area contributed by atoms with Gasteiger partial charge in [-0.25, -0.2) is 0 Å². The van der Waals surface area contributed by atoms with Crippen molar-refractivity contribution in [3.05, 3.63) is 70.8 Å². The van der Waals surface area contributed by atoms with Crippen LogP contribution in [0.4, 0.5) is 13.2 Å². The zero-order chi connectivity index (χ0) is 18.9. The molecule has 0 saturated heterocycles. The van der Waals surface area contributed by atoms with E-state index in [1.165, 1.54) is 17.0 Å². The average Bonchev–Trinajstić information content (AvgIpc) is 2.60. The lowest BCUT2D eigenvalue weighted by Gasteiger charge is -2.33. The molecular weight excluding hydrogens is 347 g/mol. The number of rotatable bonds is 3. The van der Waals surface area contributed by atoms with E-state index in [4.69, 9.17) is 0 Å². The summed E-state index contributed by atoms with van der Waals surface area (Å²) in [6.45, 7) is 0.339. The first-order valence-electron chi connectivity index (χ1n) is 8.00. The van der Waals surface area contributed by atoms with E-state index in [1.54, 1.807) is 24.3 Å². The Morgan fingerprint density at radius 2 is 1.73 bits per heavy atom. The molecule has 3 rings (SSSR count). The summed E-state index contributed by atoms with van der Waals surface area (Å²) in [6.07, 6.45) is -4.50. The molecule has 0 saturated carbocycles. The molecule has 0 aromatic heterocycles. The first-order chi connectivity index (χ1) is 12.3. The minimum Gasteiger partial charge on any atom is -0.481 e. The molecule has 136 valence electrons. The summed E-state index contributed by atoms with van der Waals surface area (Å²) in [4.78, 5) is 25.5. The van der Waals surface area contributed by atoms with Gasteiger partial charge >= 0.3 is 12.1 Å². The highest BCUT2D eigenvalue weighted by molar-refractivity contribution is 5.82. The number of halogens is 3. The third-order valence-corrected chi connectivity index (χ3v) is 4.48. The van der Waals surface area contributed by atoms with Gasteiger partial charge in [0.1, 0.15) is 0 Å². The fourth-order valence-corrected chi connectivity index (χ4v) is 3.11. The summed E-state index contributed by atoms with van der Waals surface area (Å²) >= 11 is 0. The summed E-state index contributed by atoms with van der Waals surface area (Å²) in [6, 6.07) is 11.5. The van der Waals surface area contributed by atoms with Crippen LogP contribution in [0, 0.1) is 0 Å². The molecule has 7 heteroatoms. The van der Waals surface area contributed by atoms with E-state index in [0.717, 1.165) is 17.7 Å². The van der Waals surface area contributed by atoms with Gasteiger partial charge in [0.2, 0.25) is 5.91 Å². The van der Waals surface area contributed by atoms with Crippen LogP contribution in [0.2, 0.25) is 0 Å². The number of carboxylic acid groups (broad SMARTS) is 1. The molecule has 2 aromatic carbocycles. The summed E-state index contributed by atoms with van der Waals surface area (Å²) < 4.78 is 37.8. The maximum absolute atomic E-state index is 12.6. The Hall–Kier alpha value is -2.83. The molecule has 1 unspecified atom stereocenters. The van der Waals surface area contributed by atoms with Gasteiger partial charge in [-0.05, 0) is 28.8 Å². The molecule has 0 fully saturated rings. The first kappa shape index (κ1) is 18.0. The molecular formula is C19H16F3NO3. The third-order valence-electron chi connectivity index (χ3n) is 4.48. The summed E-state index contributed by atoms with van der Waals surface area (Å²) in [5.41, 5.74) is 1.14. The van der Waals surface area contributed by atoms with Crippen molar-refractivity contribution < 1.29 is 27.9 Å². The molecule has 0 spiro atoms. The molecule has 1 N–H and O–H groups in total. The highest BCUT2D eigenvalue weighted by Crippen LogP contribution is 2.30. The zero-order valence-corrected chi connectivity index (χ0v) is 13.7. The van der Waals surface area contributed by atoms with E-state index in [2.05, 4.69) is 0 Å². The number of carbonyl (C=O) groups excluding carboxylic acids is 1. The van der Waals surface area contributed by atoms with Crippen LogP contribution in [0.1, 0.15) is 28.2 Å². The van der Waals surface area contributed by atoms with E-state index in [0.29, 0.717) is 17.7 Å². The molecule has 2 aromatic rings. The Morgan fingerprint density at radius 3 is 2.35 bits per heavy atom. The quantitative estimate of drug-likeness (QED) is 0.909. The van der Waals surface area contributed by atoms with Gasteiger partial charge in [0.15, 0.2) is 0 Å². The van der Waals surface area contributed by atoms with Gasteiger partial charge in [0.25, 0.3) is 0 Å². The maximum atomic E-state index is 12.6. The predicted molar refractivity (Wildman–Crippen MR) is 87.4 cm³/mol. The average molecular weight is 363 g/mol. The zero-order valence-electron chi connectivity index (χ0n) is 13.7. The van der Waals surface area contributed by atoms with Crippen LogP contribution in [0.15, 0.2) is 48.5 Å². The van der Waals surface area contributed by atoms with E-state index < -0.39 is 23.6 Å². The van der Waals surface area contributed by atoms with E-state index in [-0.39, 0.29) is 18.9 Å². The van der Waals surface area contributed by atoms with Crippen LogP contribution in [0.25, 0.3) is 0 Å². The number of benzene rings is 2. The van der Waals surface area contributed by atoms with Crippen molar-refractivity contribution in [1.82, 2.24) is 4.90 Å². The fourth-order valence-electron chi connectivity index (χ4n) is 3.11. The van der Waals surface area contributed by atoms with Gasteiger partial charge in [-0.3, -0.25) is 9.59 Å². The molecule has 1 atom stereocenters. The molecule has 1 aliphatic rings. The van der Waals surface area contributed by atoms with Crippen LogP contribution in [-0.4, -0.2) is 28.4 Å². The number of fused-ring (bicyclic) bond motifs is 1. The predicted octanol–water partition coefficient (Wildman–Crippen LogP) is 3.46. The second-order valence-electron chi connectivity index (χ2n) is 6.24. The van der Waals surface area contributed by atoms with Crippen molar-refractivity contribution in [3.8, 4) is 0 Å². The van der Waals surface area contributed by atoms with E-state index in [1.807, 2.05) is 0 Å². The molecule has 1 amide bonds. The fraction of sp³-hybridized carbons (Fsp3) is 0.263. The largest absolute Gasteiger partial charge is 0.481 e. The summed E-state index contributed by atoms with van der Waals surface area (Å²) in [5, 5.41) is 9.44. The molecule has 1 heterocycles. The maximum Gasteiger partial charge on any atom is 0.416 e. The molecule has 0 aliphatic carbocycles. The lowest BCUT2D eigenvalue weighted by molar-refractivity contribution is -0.141. The van der Waals surface area contributed by atoms with Crippen molar-refractivity contribution in [2.45, 2.75) is 25.1 Å². The topological polar surface area (TPSA) is 57.6 Å². The number of hydrogen-bond donors (Lipinski definition) is 1. The van der Waals surface area contributed by atoms with Gasteiger partial charge in [-0.1, -0.05) is 36.4 Å². The molecule has 4 nitrogen and oxygen atoms in total. The Kier molecular flexibility index (Phi) is 4.71. The van der Waals surface area contributed by atoms with Crippen LogP contribution >= 0.6 is 0 Å². The molecule has 0 radical (unpaired) electrons. The van der Waals surface area contributed by atoms with Gasteiger partial charge in [0.05, 0.1) is 17.9 Å². The number of nitrogens with zero attached hydrogens (tertiary/aromatic N) is 1. The van der Waals surface area contributed by atoms with Crippen LogP contribution < -0.4 is 0 Å². The van der Waals surface area contributed by atoms with E-state index in [9.17, 15) is 27.9 Å². The monoisotopic (exact) mass is 363 g/mol. The Labute approximate surface area is 147 Å². The van der Waals surface area contributed by atoms with Gasteiger partial charge in [-0.15, -0.1) is 0 Å². The molecule has 0 bridgehead atoms. The van der Waals surface area contributed by atoms with Gasteiger partial charge in [0, 0.05) is 13.1 Å². The normalized spacial score (nSPS) is 16.9. The van der Waals surface area contributed by atoms with Crippen LogP contribution in [0.5, 0.6) is 0 Å². The standard InChI is InChI=1S/C19H16F3NO3/c20-19(21,22)14-7-5-12(6-8-14)9-17(24)23-10-13-3-1-2-4-15(13)16(11-23)18(25)26/h1-8,16H,9-11H2,(H,25,26). The SMILES string of the molecule is O=C(O)C1CN(C(=O)Cc2ccc(C(F)(F)F)cc2)Cc2ccccc21. The second-order valence-corrected chi connectivity index (χ2v) is 6.24. The van der Waals surface area contributed by atoms with Gasteiger partial charge in [-0.2, -0.15) is 13.2 Å². The minimum atomic E-state index is -4.42. The van der Waals surface area contributed by atoms with Crippen molar-refractivity contribution in [2.75, 3.05) is 6.54 Å². The van der Waals surface area contributed by atoms with Crippen LogP contribution in [-0.2, 0) is 28.7 Å². The van der Waals surface area contributed by atoms with Gasteiger partial charge < -0.3 is 10.0 Å². The number of carbonyl (C=O) groups is 2.